The first-order valence-electron chi connectivity index (χ1n) is 11.9. The summed E-state index contributed by atoms with van der Waals surface area (Å²) in [6, 6.07) is 19.8. The molecule has 3 aromatic heterocycles. The van der Waals surface area contributed by atoms with Crippen LogP contribution in [-0.4, -0.2) is 24.7 Å². The Bertz CT molecular complexity index is 1830. The number of hydrogen-bond acceptors (Lipinski definition) is 7. The molecule has 0 radical (unpaired) electrons. The second-order valence-electron chi connectivity index (χ2n) is 8.79. The molecular formula is C28H20F3N7S. The largest absolute Gasteiger partial charge is 0.383 e. The number of nitrogens with zero attached hydrogens (tertiary/aromatic N) is 5. The number of aryl methyl sites for hydroxylation is 1. The van der Waals surface area contributed by atoms with E-state index in [1.807, 2.05) is 37.3 Å². The average molecular weight is 544 g/mol. The van der Waals surface area contributed by atoms with E-state index in [9.17, 15) is 8.78 Å². The van der Waals surface area contributed by atoms with Crippen molar-refractivity contribution in [1.29, 1.82) is 0 Å². The fourth-order valence-corrected chi connectivity index (χ4v) is 5.57. The number of anilines is 2. The summed E-state index contributed by atoms with van der Waals surface area (Å²) in [5, 5.41) is 5.54. The smallest absolute Gasteiger partial charge is 0.255 e. The lowest BCUT2D eigenvalue weighted by Crippen LogP contribution is -2.10. The number of benzene rings is 3. The summed E-state index contributed by atoms with van der Waals surface area (Å²) in [5.74, 6) is -2.22. The van der Waals surface area contributed by atoms with Gasteiger partial charge in [0, 0.05) is 16.5 Å². The van der Waals surface area contributed by atoms with Crippen molar-refractivity contribution in [2.24, 2.45) is 0 Å². The summed E-state index contributed by atoms with van der Waals surface area (Å²) >= 11 is 1.42. The van der Waals surface area contributed by atoms with Crippen LogP contribution in [0.5, 0.6) is 0 Å². The second kappa shape index (κ2) is 9.52. The summed E-state index contributed by atoms with van der Waals surface area (Å²) in [7, 11) is 0. The lowest BCUT2D eigenvalue weighted by molar-refractivity contribution is 0.371. The maximum Gasteiger partial charge on any atom is 0.255 e. The van der Waals surface area contributed by atoms with Crippen molar-refractivity contribution in [3.63, 3.8) is 0 Å². The normalized spacial score (nSPS) is 12.2. The third-order valence-corrected chi connectivity index (χ3v) is 7.52. The molecule has 0 amide bonds. The van der Waals surface area contributed by atoms with Gasteiger partial charge in [0.2, 0.25) is 0 Å². The van der Waals surface area contributed by atoms with Crippen LogP contribution in [0.2, 0.25) is 0 Å². The third kappa shape index (κ3) is 4.16. The molecule has 6 aromatic rings. The highest BCUT2D eigenvalue weighted by Crippen LogP contribution is 2.40. The molecule has 194 valence electrons. The van der Waals surface area contributed by atoms with Gasteiger partial charge in [-0.15, -0.1) is 11.3 Å². The summed E-state index contributed by atoms with van der Waals surface area (Å²) in [4.78, 5) is 14.3. The standard InChI is InChI=1S/C28H20F3N7S/c1-14-24(39-27(34-14)15-8-3-2-4-9-15)20-25(32)35-28(36-26(20)33)38-19-13-6-5-10-16(19)23(37-38)22(31)17-11-7-12-18(29)21(17)30/h2-13,22H,1H3,(H4,32,33,35,36). The van der Waals surface area contributed by atoms with Crippen molar-refractivity contribution in [3.8, 4) is 27.0 Å². The van der Waals surface area contributed by atoms with Crippen molar-refractivity contribution in [1.82, 2.24) is 24.7 Å². The van der Waals surface area contributed by atoms with Crippen molar-refractivity contribution in [2.75, 3.05) is 11.5 Å². The number of nitrogens with two attached hydrogens (primary N) is 2. The number of halogens is 3. The Morgan fingerprint density at radius 2 is 1.54 bits per heavy atom. The molecule has 0 bridgehead atoms. The van der Waals surface area contributed by atoms with Gasteiger partial charge in [0.25, 0.3) is 5.95 Å². The van der Waals surface area contributed by atoms with Crippen molar-refractivity contribution < 1.29 is 13.2 Å². The van der Waals surface area contributed by atoms with Gasteiger partial charge in [-0.2, -0.15) is 19.7 Å². The molecule has 6 rings (SSSR count). The summed E-state index contributed by atoms with van der Waals surface area (Å²) in [6.45, 7) is 1.85. The number of para-hydroxylation sites is 1. The van der Waals surface area contributed by atoms with Crippen LogP contribution >= 0.6 is 11.3 Å². The molecular weight excluding hydrogens is 523 g/mol. The van der Waals surface area contributed by atoms with E-state index in [1.165, 1.54) is 28.2 Å². The molecule has 0 saturated carbocycles. The minimum atomic E-state index is -2.04. The maximum atomic E-state index is 15.6. The minimum absolute atomic E-state index is 0.00793. The molecule has 4 N–H and O–H groups in total. The lowest BCUT2D eigenvalue weighted by atomic mass is 10.0. The van der Waals surface area contributed by atoms with E-state index in [2.05, 4.69) is 20.1 Å². The highest BCUT2D eigenvalue weighted by Gasteiger charge is 2.27. The van der Waals surface area contributed by atoms with Crippen LogP contribution in [0.1, 0.15) is 23.1 Å². The Kier molecular flexibility index (Phi) is 5.99. The van der Waals surface area contributed by atoms with Crippen molar-refractivity contribution in [3.05, 3.63) is 101 Å². The third-order valence-electron chi connectivity index (χ3n) is 6.30. The van der Waals surface area contributed by atoms with Crippen LogP contribution < -0.4 is 11.5 Å². The zero-order valence-electron chi connectivity index (χ0n) is 20.4. The van der Waals surface area contributed by atoms with Crippen molar-refractivity contribution >= 4 is 33.9 Å². The van der Waals surface area contributed by atoms with E-state index < -0.39 is 23.4 Å². The van der Waals surface area contributed by atoms with Crippen LogP contribution in [0.15, 0.2) is 72.8 Å². The summed E-state index contributed by atoms with van der Waals surface area (Å²) in [6.07, 6.45) is -2.04. The number of hydrogen-bond donors (Lipinski definition) is 2. The molecule has 1 atom stereocenters. The van der Waals surface area contributed by atoms with Crippen LogP contribution in [-0.2, 0) is 0 Å². The van der Waals surface area contributed by atoms with Crippen LogP contribution in [0.25, 0.3) is 37.9 Å². The Morgan fingerprint density at radius 1 is 0.846 bits per heavy atom. The number of fused-ring (bicyclic) bond motifs is 1. The van der Waals surface area contributed by atoms with Gasteiger partial charge in [-0.05, 0) is 19.1 Å². The predicted octanol–water partition coefficient (Wildman–Crippen LogP) is 6.42. The molecule has 11 heteroatoms. The number of alkyl halides is 1. The molecule has 0 spiro atoms. The van der Waals surface area contributed by atoms with E-state index in [4.69, 9.17) is 11.5 Å². The van der Waals surface area contributed by atoms with E-state index in [-0.39, 0.29) is 23.3 Å². The molecule has 0 saturated heterocycles. The fourth-order valence-electron chi connectivity index (χ4n) is 4.44. The van der Waals surface area contributed by atoms with E-state index in [0.29, 0.717) is 16.5 Å². The average Bonchev–Trinajstić information content (AvgIpc) is 3.51. The number of nitrogen functional groups attached to an aromatic ring is 2. The van der Waals surface area contributed by atoms with Gasteiger partial charge >= 0.3 is 0 Å². The molecule has 0 aliphatic rings. The first-order chi connectivity index (χ1) is 18.8. The minimum Gasteiger partial charge on any atom is -0.383 e. The topological polar surface area (TPSA) is 109 Å². The molecule has 1 unspecified atom stereocenters. The van der Waals surface area contributed by atoms with E-state index >= 15 is 4.39 Å². The van der Waals surface area contributed by atoms with E-state index in [1.54, 1.807) is 24.3 Å². The van der Waals surface area contributed by atoms with Gasteiger partial charge in [0.1, 0.15) is 22.3 Å². The Morgan fingerprint density at radius 3 is 2.28 bits per heavy atom. The Hall–Kier alpha value is -4.77. The quantitative estimate of drug-likeness (QED) is 0.260. The molecule has 0 fully saturated rings. The monoisotopic (exact) mass is 543 g/mol. The second-order valence-corrected chi connectivity index (χ2v) is 9.79. The number of rotatable bonds is 5. The predicted molar refractivity (Wildman–Crippen MR) is 146 cm³/mol. The fraction of sp³-hybridized carbons (Fsp3) is 0.0714. The van der Waals surface area contributed by atoms with Gasteiger partial charge in [-0.25, -0.2) is 18.2 Å². The maximum absolute atomic E-state index is 15.6. The van der Waals surface area contributed by atoms with Gasteiger partial charge in [-0.1, -0.05) is 60.7 Å². The Labute approximate surface area is 224 Å². The highest BCUT2D eigenvalue weighted by molar-refractivity contribution is 7.18. The molecule has 3 heterocycles. The molecule has 7 nitrogen and oxygen atoms in total. The first-order valence-corrected chi connectivity index (χ1v) is 12.7. The zero-order valence-corrected chi connectivity index (χ0v) is 21.3. The summed E-state index contributed by atoms with van der Waals surface area (Å²) in [5.41, 5.74) is 14.8. The van der Waals surface area contributed by atoms with Gasteiger partial charge in [0.05, 0.1) is 21.7 Å². The van der Waals surface area contributed by atoms with Crippen LogP contribution in [0.3, 0.4) is 0 Å². The van der Waals surface area contributed by atoms with Gasteiger partial charge < -0.3 is 11.5 Å². The van der Waals surface area contributed by atoms with Gasteiger partial charge in [0.15, 0.2) is 17.8 Å². The molecule has 39 heavy (non-hydrogen) atoms. The molecule has 3 aromatic carbocycles. The highest BCUT2D eigenvalue weighted by atomic mass is 32.1. The molecule has 0 aliphatic heterocycles. The van der Waals surface area contributed by atoms with Crippen LogP contribution in [0.4, 0.5) is 24.8 Å². The summed E-state index contributed by atoms with van der Waals surface area (Å²) < 4.78 is 45.1. The van der Waals surface area contributed by atoms with Crippen molar-refractivity contribution in [2.45, 2.75) is 13.1 Å². The zero-order chi connectivity index (χ0) is 27.3. The van der Waals surface area contributed by atoms with Gasteiger partial charge in [-0.3, -0.25) is 0 Å². The van der Waals surface area contributed by atoms with E-state index in [0.717, 1.165) is 27.2 Å². The number of aromatic nitrogens is 5. The number of thiazole rings is 1. The Balaban J connectivity index is 1.46. The van der Waals surface area contributed by atoms with Crippen LogP contribution in [0, 0.1) is 18.6 Å². The molecule has 0 aliphatic carbocycles. The lowest BCUT2D eigenvalue weighted by Gasteiger charge is -2.10. The first kappa shape index (κ1) is 24.6. The SMILES string of the molecule is Cc1nc(-c2ccccc2)sc1-c1c(N)nc(-n2nc(C(F)c3cccc(F)c3F)c3ccccc32)nc1N.